The smallest absolute Gasteiger partial charge is 0.410 e. The Balaban J connectivity index is 1.79. The predicted octanol–water partition coefficient (Wildman–Crippen LogP) is 3.71. The molecule has 5 nitrogen and oxygen atoms in total. The summed E-state index contributed by atoms with van der Waals surface area (Å²) in [5, 5.41) is 0. The molecule has 0 saturated carbocycles. The van der Waals surface area contributed by atoms with Gasteiger partial charge in [0.1, 0.15) is 5.60 Å². The van der Waals surface area contributed by atoms with Gasteiger partial charge >= 0.3 is 6.09 Å². The van der Waals surface area contributed by atoms with Crippen LogP contribution in [0.5, 0.6) is 0 Å². The van der Waals surface area contributed by atoms with Gasteiger partial charge in [-0.2, -0.15) is 0 Å². The lowest BCUT2D eigenvalue weighted by Gasteiger charge is -2.42. The monoisotopic (exact) mass is 395 g/mol. The molecular weight excluding hydrogens is 370 g/mol. The van der Waals surface area contributed by atoms with Gasteiger partial charge in [-0.1, -0.05) is 15.9 Å². The molecule has 0 bridgehead atoms. The average molecular weight is 396 g/mol. The number of hydrogen-bond donors (Lipinski definition) is 0. The van der Waals surface area contributed by atoms with E-state index in [9.17, 15) is 4.79 Å². The Labute approximate surface area is 152 Å². The topological polar surface area (TPSA) is 36.0 Å². The first-order chi connectivity index (χ1) is 11.2. The molecule has 1 amide bonds. The van der Waals surface area contributed by atoms with Crippen LogP contribution < -0.4 is 9.80 Å². The van der Waals surface area contributed by atoms with Crippen LogP contribution in [0.1, 0.15) is 27.2 Å². The van der Waals surface area contributed by atoms with E-state index >= 15 is 0 Å². The van der Waals surface area contributed by atoms with Gasteiger partial charge in [0.05, 0.1) is 11.4 Å². The van der Waals surface area contributed by atoms with E-state index in [1.807, 2.05) is 25.7 Å². The number of fused-ring (bicyclic) bond motifs is 3. The van der Waals surface area contributed by atoms with E-state index in [-0.39, 0.29) is 6.09 Å². The maximum absolute atomic E-state index is 12.4. The summed E-state index contributed by atoms with van der Waals surface area (Å²) < 4.78 is 6.64. The molecule has 0 spiro atoms. The molecule has 1 saturated heterocycles. The van der Waals surface area contributed by atoms with Crippen molar-refractivity contribution in [2.75, 3.05) is 43.0 Å². The summed E-state index contributed by atoms with van der Waals surface area (Å²) in [5.74, 6) is 0. The molecule has 132 valence electrons. The summed E-state index contributed by atoms with van der Waals surface area (Å²) in [4.78, 5) is 19.0. The van der Waals surface area contributed by atoms with Gasteiger partial charge in [0.2, 0.25) is 0 Å². The van der Waals surface area contributed by atoms with Gasteiger partial charge in [-0.25, -0.2) is 4.79 Å². The van der Waals surface area contributed by atoms with Crippen molar-refractivity contribution in [3.05, 3.63) is 22.7 Å². The fourth-order valence-electron chi connectivity index (χ4n) is 3.42. The van der Waals surface area contributed by atoms with Gasteiger partial charge in [-0.15, -0.1) is 0 Å². The first kappa shape index (κ1) is 17.4. The standard InChI is InChI=1S/C18H26BrN3O2/c1-18(2,3)24-17(23)21-9-10-22-14(12-21)7-8-20(4)16-11-13(19)5-6-15(16)22/h5-6,11,14H,7-10,12H2,1-4H3/t14-/m0/s1. The van der Waals surface area contributed by atoms with Crippen molar-refractivity contribution >= 4 is 33.4 Å². The second-order valence-corrected chi connectivity index (χ2v) is 8.53. The molecule has 2 heterocycles. The number of hydrogen-bond acceptors (Lipinski definition) is 4. The highest BCUT2D eigenvalue weighted by molar-refractivity contribution is 9.10. The lowest BCUT2D eigenvalue weighted by molar-refractivity contribution is 0.0213. The molecule has 1 aromatic rings. The number of benzene rings is 1. The third-order valence-electron chi connectivity index (χ3n) is 4.59. The minimum atomic E-state index is -0.448. The van der Waals surface area contributed by atoms with Crippen molar-refractivity contribution in [2.45, 2.75) is 38.8 Å². The molecule has 24 heavy (non-hydrogen) atoms. The third kappa shape index (κ3) is 3.63. The number of amides is 1. The van der Waals surface area contributed by atoms with Crippen LogP contribution in [0, 0.1) is 0 Å². The Morgan fingerprint density at radius 2 is 1.96 bits per heavy atom. The molecule has 0 N–H and O–H groups in total. The zero-order valence-electron chi connectivity index (χ0n) is 14.9. The first-order valence-corrected chi connectivity index (χ1v) is 9.29. The predicted molar refractivity (Wildman–Crippen MR) is 101 cm³/mol. The van der Waals surface area contributed by atoms with Gasteiger partial charge in [0, 0.05) is 43.7 Å². The summed E-state index contributed by atoms with van der Waals surface area (Å²) in [7, 11) is 2.13. The molecule has 2 aliphatic heterocycles. The minimum absolute atomic E-state index is 0.198. The molecule has 0 aromatic heterocycles. The number of anilines is 2. The Kier molecular flexibility index (Phi) is 4.69. The fraction of sp³-hybridized carbons (Fsp3) is 0.611. The van der Waals surface area contributed by atoms with E-state index in [1.54, 1.807) is 0 Å². The number of rotatable bonds is 0. The summed E-state index contributed by atoms with van der Waals surface area (Å²) in [5.41, 5.74) is 2.06. The summed E-state index contributed by atoms with van der Waals surface area (Å²) in [6.07, 6.45) is 0.832. The Morgan fingerprint density at radius 1 is 1.21 bits per heavy atom. The Hall–Kier alpha value is -1.43. The van der Waals surface area contributed by atoms with Crippen LogP contribution in [-0.4, -0.2) is 55.9 Å². The van der Waals surface area contributed by atoms with Crippen LogP contribution in [-0.2, 0) is 4.74 Å². The number of halogens is 1. The van der Waals surface area contributed by atoms with Crippen LogP contribution in [0.4, 0.5) is 16.2 Å². The van der Waals surface area contributed by atoms with Crippen molar-refractivity contribution in [1.29, 1.82) is 0 Å². The number of carbonyl (C=O) groups excluding carboxylic acids is 1. The van der Waals surface area contributed by atoms with Crippen LogP contribution >= 0.6 is 15.9 Å². The van der Waals surface area contributed by atoms with Gasteiger partial charge < -0.3 is 19.4 Å². The fourth-order valence-corrected chi connectivity index (χ4v) is 3.77. The van der Waals surface area contributed by atoms with Crippen molar-refractivity contribution < 1.29 is 9.53 Å². The number of piperazine rings is 1. The van der Waals surface area contributed by atoms with Crippen molar-refractivity contribution in [1.82, 2.24) is 4.90 Å². The van der Waals surface area contributed by atoms with E-state index in [4.69, 9.17) is 4.74 Å². The van der Waals surface area contributed by atoms with Crippen molar-refractivity contribution in [3.8, 4) is 0 Å². The van der Waals surface area contributed by atoms with Crippen molar-refractivity contribution in [2.24, 2.45) is 0 Å². The maximum atomic E-state index is 12.4. The quantitative estimate of drug-likeness (QED) is 0.670. The van der Waals surface area contributed by atoms with E-state index in [2.05, 4.69) is 51.0 Å². The zero-order chi connectivity index (χ0) is 17.5. The molecule has 0 aliphatic carbocycles. The second-order valence-electron chi connectivity index (χ2n) is 7.62. The van der Waals surface area contributed by atoms with Crippen LogP contribution in [0.2, 0.25) is 0 Å². The van der Waals surface area contributed by atoms with E-state index in [0.717, 1.165) is 30.5 Å². The van der Waals surface area contributed by atoms with Gasteiger partial charge in [0.15, 0.2) is 0 Å². The minimum Gasteiger partial charge on any atom is -0.444 e. The van der Waals surface area contributed by atoms with Gasteiger partial charge in [-0.05, 0) is 45.4 Å². The molecule has 0 radical (unpaired) electrons. The molecule has 1 aromatic carbocycles. The number of carbonyl (C=O) groups is 1. The third-order valence-corrected chi connectivity index (χ3v) is 5.08. The highest BCUT2D eigenvalue weighted by atomic mass is 79.9. The normalized spacial score (nSPS) is 21.0. The lowest BCUT2D eigenvalue weighted by Crippen LogP contribution is -2.55. The van der Waals surface area contributed by atoms with E-state index < -0.39 is 5.60 Å². The largest absolute Gasteiger partial charge is 0.444 e. The molecule has 1 atom stereocenters. The van der Waals surface area contributed by atoms with Crippen LogP contribution in [0.3, 0.4) is 0 Å². The SMILES string of the molecule is CN1CC[C@H]2CN(C(=O)OC(C)(C)C)CCN2c2ccc(Br)cc21. The lowest BCUT2D eigenvalue weighted by atomic mass is 10.1. The summed E-state index contributed by atoms with van der Waals surface area (Å²) in [6.45, 7) is 8.98. The zero-order valence-corrected chi connectivity index (χ0v) is 16.5. The van der Waals surface area contributed by atoms with Gasteiger partial charge in [-0.3, -0.25) is 0 Å². The van der Waals surface area contributed by atoms with Crippen molar-refractivity contribution in [3.63, 3.8) is 0 Å². The first-order valence-electron chi connectivity index (χ1n) is 8.50. The highest BCUT2D eigenvalue weighted by Crippen LogP contribution is 2.37. The summed E-state index contributed by atoms with van der Waals surface area (Å²) >= 11 is 3.57. The molecule has 3 rings (SSSR count). The Morgan fingerprint density at radius 3 is 2.67 bits per heavy atom. The molecular formula is C18H26BrN3O2. The second kappa shape index (κ2) is 6.47. The van der Waals surface area contributed by atoms with Crippen LogP contribution in [0.15, 0.2) is 22.7 Å². The van der Waals surface area contributed by atoms with E-state index in [0.29, 0.717) is 12.6 Å². The van der Waals surface area contributed by atoms with Crippen LogP contribution in [0.25, 0.3) is 0 Å². The average Bonchev–Trinajstić information content (AvgIpc) is 2.63. The molecule has 0 unspecified atom stereocenters. The number of nitrogens with zero attached hydrogens (tertiary/aromatic N) is 3. The molecule has 6 heteroatoms. The maximum Gasteiger partial charge on any atom is 0.410 e. The number of ether oxygens (including phenoxy) is 1. The Bertz CT molecular complexity index is 629. The highest BCUT2D eigenvalue weighted by Gasteiger charge is 2.34. The van der Waals surface area contributed by atoms with Gasteiger partial charge in [0.25, 0.3) is 0 Å². The molecule has 2 aliphatic rings. The summed E-state index contributed by atoms with van der Waals surface area (Å²) in [6, 6.07) is 6.78. The molecule has 1 fully saturated rings. The van der Waals surface area contributed by atoms with E-state index in [1.165, 1.54) is 11.4 Å².